The number of ether oxygens (including phenoxy) is 1. The predicted molar refractivity (Wildman–Crippen MR) is 109 cm³/mol. The molecule has 1 unspecified atom stereocenters. The topological polar surface area (TPSA) is 29.5 Å². The van der Waals surface area contributed by atoms with Gasteiger partial charge in [-0.25, -0.2) is 4.39 Å². The molecule has 0 aliphatic carbocycles. The molecule has 160 valence electrons. The van der Waals surface area contributed by atoms with E-state index in [0.717, 1.165) is 12.1 Å². The Labute approximate surface area is 180 Å². The Bertz CT molecular complexity index is 1100. The quantitative estimate of drug-likeness (QED) is 0.395. The van der Waals surface area contributed by atoms with E-state index in [9.17, 15) is 22.4 Å². The molecule has 1 aliphatic heterocycles. The highest BCUT2D eigenvalue weighted by Gasteiger charge is 2.36. The van der Waals surface area contributed by atoms with Gasteiger partial charge in [0, 0.05) is 17.1 Å². The van der Waals surface area contributed by atoms with Gasteiger partial charge in [0.15, 0.2) is 0 Å². The summed E-state index contributed by atoms with van der Waals surface area (Å²) >= 11 is 5.85. The first-order valence-electron chi connectivity index (χ1n) is 9.44. The van der Waals surface area contributed by atoms with Crippen LogP contribution < -0.4 is 9.64 Å². The lowest BCUT2D eigenvalue weighted by Crippen LogP contribution is -2.27. The molecule has 0 radical (unpaired) electrons. The number of anilines is 1. The van der Waals surface area contributed by atoms with Crippen LogP contribution in [-0.2, 0) is 11.0 Å². The Kier molecular flexibility index (Phi) is 5.62. The Morgan fingerprint density at radius 3 is 2.16 bits per heavy atom. The summed E-state index contributed by atoms with van der Waals surface area (Å²) in [4.78, 5) is 13.9. The predicted octanol–water partition coefficient (Wildman–Crippen LogP) is 7.16. The van der Waals surface area contributed by atoms with Crippen LogP contribution in [0.3, 0.4) is 0 Å². The maximum atomic E-state index is 13.9. The fraction of sp³-hybridized carbons (Fsp3) is 0.174. The Balaban J connectivity index is 1.60. The third-order valence-corrected chi connectivity index (χ3v) is 5.26. The van der Waals surface area contributed by atoms with E-state index in [1.54, 1.807) is 48.5 Å². The molecule has 3 aromatic carbocycles. The van der Waals surface area contributed by atoms with Gasteiger partial charge in [0.1, 0.15) is 17.3 Å². The maximum Gasteiger partial charge on any atom is 0.416 e. The summed E-state index contributed by atoms with van der Waals surface area (Å²) in [7, 11) is 0. The Morgan fingerprint density at radius 2 is 1.55 bits per heavy atom. The lowest BCUT2D eigenvalue weighted by Gasteiger charge is -2.26. The lowest BCUT2D eigenvalue weighted by atomic mass is 10.0. The molecule has 1 amide bonds. The first-order valence-corrected chi connectivity index (χ1v) is 9.82. The molecule has 1 saturated heterocycles. The largest absolute Gasteiger partial charge is 0.457 e. The van der Waals surface area contributed by atoms with Crippen LogP contribution in [0.25, 0.3) is 0 Å². The zero-order valence-corrected chi connectivity index (χ0v) is 16.8. The van der Waals surface area contributed by atoms with Gasteiger partial charge in [-0.15, -0.1) is 0 Å². The van der Waals surface area contributed by atoms with E-state index < -0.39 is 23.6 Å². The molecule has 1 heterocycles. The first-order chi connectivity index (χ1) is 14.7. The number of hydrogen-bond acceptors (Lipinski definition) is 2. The molecule has 0 aromatic heterocycles. The minimum Gasteiger partial charge on any atom is -0.457 e. The molecule has 3 nitrogen and oxygen atoms in total. The number of rotatable bonds is 4. The standard InChI is InChI=1S/C23H16ClF4NO2/c24-16-1-5-19(6-2-16)31-20-7-3-18(4-8-20)29-21(9-10-22(29)30)14-11-15(23(26,27)28)13-17(25)12-14/h1-8,11-13,21H,9-10H2. The first kappa shape index (κ1) is 21.2. The molecule has 0 N–H and O–H groups in total. The number of hydrogen-bond donors (Lipinski definition) is 0. The minimum absolute atomic E-state index is 0.111. The van der Waals surface area contributed by atoms with Crippen molar-refractivity contribution in [2.45, 2.75) is 25.1 Å². The van der Waals surface area contributed by atoms with Gasteiger partial charge < -0.3 is 9.64 Å². The molecule has 3 aromatic rings. The van der Waals surface area contributed by atoms with E-state index in [4.69, 9.17) is 16.3 Å². The highest BCUT2D eigenvalue weighted by atomic mass is 35.5. The molecule has 1 atom stereocenters. The zero-order valence-electron chi connectivity index (χ0n) is 16.0. The van der Waals surface area contributed by atoms with Gasteiger partial charge in [-0.1, -0.05) is 11.6 Å². The molecule has 31 heavy (non-hydrogen) atoms. The van der Waals surface area contributed by atoms with Crippen molar-refractivity contribution in [2.24, 2.45) is 0 Å². The second-order valence-electron chi connectivity index (χ2n) is 7.14. The van der Waals surface area contributed by atoms with Crippen LogP contribution >= 0.6 is 11.6 Å². The van der Waals surface area contributed by atoms with Crippen LogP contribution in [0.4, 0.5) is 23.2 Å². The van der Waals surface area contributed by atoms with Crippen LogP contribution in [-0.4, -0.2) is 5.91 Å². The van der Waals surface area contributed by atoms with E-state index in [2.05, 4.69) is 0 Å². The monoisotopic (exact) mass is 449 g/mol. The highest BCUT2D eigenvalue weighted by molar-refractivity contribution is 6.30. The molecule has 1 aliphatic rings. The average Bonchev–Trinajstić information content (AvgIpc) is 3.11. The van der Waals surface area contributed by atoms with Crippen molar-refractivity contribution in [1.29, 1.82) is 0 Å². The van der Waals surface area contributed by atoms with Gasteiger partial charge in [0.25, 0.3) is 0 Å². The van der Waals surface area contributed by atoms with Gasteiger partial charge in [0.05, 0.1) is 11.6 Å². The minimum atomic E-state index is -4.68. The van der Waals surface area contributed by atoms with Crippen LogP contribution in [0.2, 0.25) is 5.02 Å². The fourth-order valence-electron chi connectivity index (χ4n) is 3.61. The van der Waals surface area contributed by atoms with Gasteiger partial charge in [-0.05, 0) is 78.7 Å². The SMILES string of the molecule is O=C1CCC(c2cc(F)cc(C(F)(F)F)c2)N1c1ccc(Oc2ccc(Cl)cc2)cc1. The summed E-state index contributed by atoms with van der Waals surface area (Å²) in [6, 6.07) is 15.1. The van der Waals surface area contributed by atoms with E-state index in [-0.39, 0.29) is 17.9 Å². The highest BCUT2D eigenvalue weighted by Crippen LogP contribution is 2.40. The molecule has 8 heteroatoms. The molecule has 1 fully saturated rings. The number of amides is 1. The van der Waals surface area contributed by atoms with Crippen molar-refractivity contribution < 1.29 is 27.1 Å². The number of nitrogens with zero attached hydrogens (tertiary/aromatic N) is 1. The molecule has 0 saturated carbocycles. The van der Waals surface area contributed by atoms with Crippen molar-refractivity contribution in [3.05, 3.63) is 88.7 Å². The summed E-state index contributed by atoms with van der Waals surface area (Å²) in [6.07, 6.45) is -4.22. The number of alkyl halides is 3. The smallest absolute Gasteiger partial charge is 0.416 e. The maximum absolute atomic E-state index is 13.9. The van der Waals surface area contributed by atoms with Crippen molar-refractivity contribution in [3.8, 4) is 11.5 Å². The van der Waals surface area contributed by atoms with Gasteiger partial charge >= 0.3 is 6.18 Å². The van der Waals surface area contributed by atoms with Crippen LogP contribution in [0.15, 0.2) is 66.7 Å². The second kappa shape index (κ2) is 8.23. The number of carbonyl (C=O) groups is 1. The van der Waals surface area contributed by atoms with E-state index in [1.807, 2.05) is 0 Å². The van der Waals surface area contributed by atoms with Crippen molar-refractivity contribution in [3.63, 3.8) is 0 Å². The summed E-state index contributed by atoms with van der Waals surface area (Å²) in [5, 5.41) is 0.576. The third-order valence-electron chi connectivity index (χ3n) is 5.01. The van der Waals surface area contributed by atoms with Crippen LogP contribution in [0.5, 0.6) is 11.5 Å². The van der Waals surface area contributed by atoms with E-state index >= 15 is 0 Å². The van der Waals surface area contributed by atoms with Crippen molar-refractivity contribution in [2.75, 3.05) is 4.90 Å². The second-order valence-corrected chi connectivity index (χ2v) is 7.58. The lowest BCUT2D eigenvalue weighted by molar-refractivity contribution is -0.137. The summed E-state index contributed by atoms with van der Waals surface area (Å²) in [6.45, 7) is 0. The van der Waals surface area contributed by atoms with Crippen molar-refractivity contribution >= 4 is 23.2 Å². The van der Waals surface area contributed by atoms with Gasteiger partial charge in [-0.3, -0.25) is 4.79 Å². The normalized spacial score (nSPS) is 16.6. The summed E-state index contributed by atoms with van der Waals surface area (Å²) < 4.78 is 58.9. The molecule has 0 spiro atoms. The average molecular weight is 450 g/mol. The summed E-state index contributed by atoms with van der Waals surface area (Å²) in [5.74, 6) is -0.142. The third kappa shape index (κ3) is 4.66. The number of carbonyl (C=O) groups excluding carboxylic acids is 1. The Morgan fingerprint density at radius 1 is 0.935 bits per heavy atom. The summed E-state index contributed by atoms with van der Waals surface area (Å²) in [5.41, 5.74) is -0.470. The molecular formula is C23H16ClF4NO2. The molecule has 0 bridgehead atoms. The van der Waals surface area contributed by atoms with E-state index in [1.165, 1.54) is 4.90 Å². The zero-order chi connectivity index (χ0) is 22.2. The van der Waals surface area contributed by atoms with Gasteiger partial charge in [0.2, 0.25) is 5.91 Å². The number of halogens is 5. The van der Waals surface area contributed by atoms with Crippen LogP contribution in [0, 0.1) is 5.82 Å². The fourth-order valence-corrected chi connectivity index (χ4v) is 3.73. The van der Waals surface area contributed by atoms with Crippen molar-refractivity contribution in [1.82, 2.24) is 0 Å². The van der Waals surface area contributed by atoms with E-state index in [0.29, 0.717) is 34.7 Å². The van der Waals surface area contributed by atoms with Crippen LogP contribution in [0.1, 0.15) is 30.0 Å². The van der Waals surface area contributed by atoms with Gasteiger partial charge in [-0.2, -0.15) is 13.2 Å². The molecule has 4 rings (SSSR count). The Hall–Kier alpha value is -3.06. The molecular weight excluding hydrogens is 434 g/mol. The number of benzene rings is 3.